The van der Waals surface area contributed by atoms with Crippen LogP contribution in [0.15, 0.2) is 22.5 Å². The lowest BCUT2D eigenvalue weighted by atomic mass is 10.1. The fourth-order valence-corrected chi connectivity index (χ4v) is 3.23. The number of nitrogens with zero attached hydrogens (tertiary/aromatic N) is 2. The van der Waals surface area contributed by atoms with E-state index in [2.05, 4.69) is 45.0 Å². The first kappa shape index (κ1) is 15.3. The Morgan fingerprint density at radius 3 is 2.85 bits per heavy atom. The van der Waals surface area contributed by atoms with E-state index in [1.165, 1.54) is 43.8 Å². The summed E-state index contributed by atoms with van der Waals surface area (Å²) in [5, 5.41) is 9.05. The van der Waals surface area contributed by atoms with Crippen LogP contribution in [0.25, 0.3) is 0 Å². The lowest BCUT2D eigenvalue weighted by Crippen LogP contribution is -2.48. The van der Waals surface area contributed by atoms with Crippen molar-refractivity contribution in [2.75, 3.05) is 26.7 Å². The predicted molar refractivity (Wildman–Crippen MR) is 87.4 cm³/mol. The highest BCUT2D eigenvalue weighted by Gasteiger charge is 2.19. The van der Waals surface area contributed by atoms with Crippen molar-refractivity contribution in [2.45, 2.75) is 38.8 Å². The number of guanidine groups is 1. The summed E-state index contributed by atoms with van der Waals surface area (Å²) in [5.41, 5.74) is 0. The molecule has 1 aliphatic heterocycles. The van der Waals surface area contributed by atoms with Crippen molar-refractivity contribution < 1.29 is 0 Å². The maximum absolute atomic E-state index is 4.32. The van der Waals surface area contributed by atoms with Crippen molar-refractivity contribution in [3.05, 3.63) is 22.4 Å². The van der Waals surface area contributed by atoms with Crippen molar-refractivity contribution in [1.82, 2.24) is 15.5 Å². The van der Waals surface area contributed by atoms with Gasteiger partial charge in [0.1, 0.15) is 0 Å². The van der Waals surface area contributed by atoms with E-state index in [4.69, 9.17) is 0 Å². The van der Waals surface area contributed by atoms with Crippen molar-refractivity contribution in [2.24, 2.45) is 4.99 Å². The zero-order valence-corrected chi connectivity index (χ0v) is 13.4. The molecule has 1 aromatic rings. The Balaban J connectivity index is 1.71. The first-order valence-electron chi connectivity index (χ1n) is 7.53. The molecule has 20 heavy (non-hydrogen) atoms. The van der Waals surface area contributed by atoms with Crippen LogP contribution in [0.2, 0.25) is 0 Å². The highest BCUT2D eigenvalue weighted by molar-refractivity contribution is 7.09. The zero-order chi connectivity index (χ0) is 14.2. The van der Waals surface area contributed by atoms with E-state index in [-0.39, 0.29) is 0 Å². The Hall–Kier alpha value is -1.07. The summed E-state index contributed by atoms with van der Waals surface area (Å²) in [6.45, 7) is 6.74. The molecule has 0 amide bonds. The van der Waals surface area contributed by atoms with Gasteiger partial charge < -0.3 is 15.5 Å². The van der Waals surface area contributed by atoms with Gasteiger partial charge in [-0.05, 0) is 37.3 Å². The van der Waals surface area contributed by atoms with Gasteiger partial charge in [0.15, 0.2) is 5.96 Å². The topological polar surface area (TPSA) is 39.7 Å². The summed E-state index contributed by atoms with van der Waals surface area (Å²) >= 11 is 1.78. The molecule has 112 valence electrons. The van der Waals surface area contributed by atoms with Gasteiger partial charge in [0, 0.05) is 31.1 Å². The molecule has 2 N–H and O–H groups in total. The van der Waals surface area contributed by atoms with Crippen LogP contribution in [0.1, 0.15) is 31.1 Å². The van der Waals surface area contributed by atoms with Gasteiger partial charge in [0.25, 0.3) is 0 Å². The standard InChI is InChI=1S/C15H26N4S/c1-3-8-19-9-6-13(7-10-19)18-15(16-2)17-12-14-5-4-11-20-14/h4-5,11,13H,3,6-10,12H2,1-2H3,(H2,16,17,18). The number of likely N-dealkylation sites (tertiary alicyclic amines) is 1. The van der Waals surface area contributed by atoms with Crippen LogP contribution in [-0.2, 0) is 6.54 Å². The molecule has 1 saturated heterocycles. The van der Waals surface area contributed by atoms with Gasteiger partial charge in [0.05, 0.1) is 6.54 Å². The highest BCUT2D eigenvalue weighted by Crippen LogP contribution is 2.11. The van der Waals surface area contributed by atoms with Gasteiger partial charge in [-0.3, -0.25) is 4.99 Å². The molecular weight excluding hydrogens is 268 g/mol. The van der Waals surface area contributed by atoms with Crippen molar-refractivity contribution in [1.29, 1.82) is 0 Å². The molecule has 0 atom stereocenters. The molecule has 0 spiro atoms. The van der Waals surface area contributed by atoms with Crippen LogP contribution < -0.4 is 10.6 Å². The molecule has 5 heteroatoms. The van der Waals surface area contributed by atoms with E-state index < -0.39 is 0 Å². The second-order valence-electron chi connectivity index (χ2n) is 5.27. The smallest absolute Gasteiger partial charge is 0.191 e. The summed E-state index contributed by atoms with van der Waals surface area (Å²) in [7, 11) is 1.84. The summed E-state index contributed by atoms with van der Waals surface area (Å²) in [6, 6.07) is 4.79. The number of hydrogen-bond acceptors (Lipinski definition) is 3. The normalized spacial score (nSPS) is 18.2. The molecule has 0 saturated carbocycles. The fraction of sp³-hybridized carbons (Fsp3) is 0.667. The van der Waals surface area contributed by atoms with E-state index in [0.717, 1.165) is 12.5 Å². The minimum atomic E-state index is 0.553. The lowest BCUT2D eigenvalue weighted by Gasteiger charge is -2.32. The Morgan fingerprint density at radius 1 is 1.45 bits per heavy atom. The van der Waals surface area contributed by atoms with Crippen LogP contribution in [-0.4, -0.2) is 43.6 Å². The predicted octanol–water partition coefficient (Wildman–Crippen LogP) is 2.29. The molecule has 0 radical (unpaired) electrons. The number of piperidine rings is 1. The van der Waals surface area contributed by atoms with Gasteiger partial charge >= 0.3 is 0 Å². The van der Waals surface area contributed by atoms with Crippen LogP contribution >= 0.6 is 11.3 Å². The first-order chi connectivity index (χ1) is 9.81. The van der Waals surface area contributed by atoms with E-state index >= 15 is 0 Å². The summed E-state index contributed by atoms with van der Waals surface area (Å²) in [4.78, 5) is 8.22. The van der Waals surface area contributed by atoms with Crippen molar-refractivity contribution in [3.63, 3.8) is 0 Å². The first-order valence-corrected chi connectivity index (χ1v) is 8.41. The maximum Gasteiger partial charge on any atom is 0.191 e. The third-order valence-corrected chi connectivity index (χ3v) is 4.58. The monoisotopic (exact) mass is 294 g/mol. The fourth-order valence-electron chi connectivity index (χ4n) is 2.59. The molecule has 1 fully saturated rings. The SMILES string of the molecule is CCCN1CCC(NC(=NC)NCc2cccs2)CC1. The number of nitrogens with one attached hydrogen (secondary N) is 2. The minimum Gasteiger partial charge on any atom is -0.354 e. The average molecular weight is 294 g/mol. The van der Waals surface area contributed by atoms with Gasteiger partial charge in [-0.1, -0.05) is 13.0 Å². The van der Waals surface area contributed by atoms with Gasteiger partial charge in [-0.25, -0.2) is 0 Å². The summed E-state index contributed by atoms with van der Waals surface area (Å²) in [5.74, 6) is 0.923. The Morgan fingerprint density at radius 2 is 2.25 bits per heavy atom. The second kappa shape index (κ2) is 8.27. The van der Waals surface area contributed by atoms with Crippen LogP contribution in [0.3, 0.4) is 0 Å². The van der Waals surface area contributed by atoms with Crippen LogP contribution in [0.5, 0.6) is 0 Å². The quantitative estimate of drug-likeness (QED) is 0.646. The van der Waals surface area contributed by atoms with Crippen molar-refractivity contribution in [3.8, 4) is 0 Å². The number of rotatable bonds is 5. The average Bonchev–Trinajstić information content (AvgIpc) is 2.99. The maximum atomic E-state index is 4.32. The Labute approximate surface area is 126 Å². The zero-order valence-electron chi connectivity index (χ0n) is 12.6. The van der Waals surface area contributed by atoms with Crippen LogP contribution in [0.4, 0.5) is 0 Å². The second-order valence-corrected chi connectivity index (χ2v) is 6.30. The van der Waals surface area contributed by atoms with Crippen molar-refractivity contribution >= 4 is 17.3 Å². The lowest BCUT2D eigenvalue weighted by molar-refractivity contribution is 0.206. The number of thiophene rings is 1. The van der Waals surface area contributed by atoms with E-state index in [0.29, 0.717) is 6.04 Å². The molecule has 4 nitrogen and oxygen atoms in total. The highest BCUT2D eigenvalue weighted by atomic mass is 32.1. The number of hydrogen-bond donors (Lipinski definition) is 2. The van der Waals surface area contributed by atoms with E-state index in [1.807, 2.05) is 7.05 Å². The molecule has 0 bridgehead atoms. The van der Waals surface area contributed by atoms with Gasteiger partial charge in [-0.2, -0.15) is 0 Å². The molecule has 2 rings (SSSR count). The molecule has 2 heterocycles. The largest absolute Gasteiger partial charge is 0.354 e. The molecule has 1 aromatic heterocycles. The Bertz CT molecular complexity index is 394. The third-order valence-electron chi connectivity index (χ3n) is 3.70. The Kier molecular flexibility index (Phi) is 6.33. The molecular formula is C15H26N4S. The molecule has 0 aromatic carbocycles. The molecule has 0 unspecified atom stereocenters. The summed E-state index contributed by atoms with van der Waals surface area (Å²) < 4.78 is 0. The molecule has 1 aliphatic rings. The minimum absolute atomic E-state index is 0.553. The van der Waals surface area contributed by atoms with Gasteiger partial charge in [-0.15, -0.1) is 11.3 Å². The van der Waals surface area contributed by atoms with Gasteiger partial charge in [0.2, 0.25) is 0 Å². The summed E-state index contributed by atoms with van der Waals surface area (Å²) in [6.07, 6.45) is 3.67. The third kappa shape index (κ3) is 4.80. The number of aliphatic imine (C=N–C) groups is 1. The van der Waals surface area contributed by atoms with Crippen LogP contribution in [0, 0.1) is 0 Å². The van der Waals surface area contributed by atoms with E-state index in [9.17, 15) is 0 Å². The van der Waals surface area contributed by atoms with E-state index in [1.54, 1.807) is 11.3 Å². The molecule has 0 aliphatic carbocycles.